The van der Waals surface area contributed by atoms with Crippen LogP contribution in [0, 0.1) is 0 Å². The number of ether oxygens (including phenoxy) is 1. The quantitative estimate of drug-likeness (QED) is 0.307. The summed E-state index contributed by atoms with van der Waals surface area (Å²) in [6.45, 7) is -3.93. The SMILES string of the molecule is [2H]C([2H])(O)[C@H]1OC(O)(CO)[C@@H](O)[C@@H]1O. The second kappa shape index (κ2) is 3.25. The maximum atomic E-state index is 9.31. The zero-order valence-corrected chi connectivity index (χ0v) is 6.08. The van der Waals surface area contributed by atoms with Gasteiger partial charge in [0.1, 0.15) is 18.3 Å². The summed E-state index contributed by atoms with van der Waals surface area (Å²) in [5, 5.41) is 45.2. The molecule has 1 rings (SSSR count). The van der Waals surface area contributed by atoms with Gasteiger partial charge < -0.3 is 30.3 Å². The molecule has 1 unspecified atom stereocenters. The minimum absolute atomic E-state index is 1.02. The molecule has 72 valence electrons. The Kier molecular flexibility index (Phi) is 1.95. The normalized spacial score (nSPS) is 51.9. The van der Waals surface area contributed by atoms with Crippen LogP contribution in [0.2, 0.25) is 0 Å². The first-order valence-corrected chi connectivity index (χ1v) is 3.32. The fourth-order valence-corrected chi connectivity index (χ4v) is 1.03. The van der Waals surface area contributed by atoms with Crippen molar-refractivity contribution in [2.24, 2.45) is 0 Å². The largest absolute Gasteiger partial charge is 0.394 e. The van der Waals surface area contributed by atoms with Gasteiger partial charge in [-0.3, -0.25) is 0 Å². The van der Waals surface area contributed by atoms with Crippen LogP contribution in [-0.2, 0) is 4.74 Å². The molecular formula is C6H12O6. The van der Waals surface area contributed by atoms with Gasteiger partial charge in [-0.1, -0.05) is 0 Å². The third-order valence-electron chi connectivity index (χ3n) is 1.78. The molecule has 12 heavy (non-hydrogen) atoms. The van der Waals surface area contributed by atoms with Crippen molar-refractivity contribution in [3.05, 3.63) is 0 Å². The first kappa shape index (κ1) is 7.19. The van der Waals surface area contributed by atoms with Crippen LogP contribution in [0.3, 0.4) is 0 Å². The Bertz CT molecular complexity index is 219. The van der Waals surface area contributed by atoms with Crippen molar-refractivity contribution in [3.8, 4) is 0 Å². The molecule has 0 saturated carbocycles. The lowest BCUT2D eigenvalue weighted by atomic mass is 10.1. The zero-order chi connectivity index (χ0) is 11.1. The first-order valence-electron chi connectivity index (χ1n) is 4.32. The van der Waals surface area contributed by atoms with Crippen molar-refractivity contribution in [3.63, 3.8) is 0 Å². The molecule has 0 spiro atoms. The van der Waals surface area contributed by atoms with Crippen LogP contribution in [-0.4, -0.2) is 62.8 Å². The molecule has 6 heteroatoms. The fraction of sp³-hybridized carbons (Fsp3) is 1.00. The molecule has 1 aliphatic heterocycles. The second-order valence-electron chi connectivity index (χ2n) is 2.61. The van der Waals surface area contributed by atoms with Gasteiger partial charge in [-0.15, -0.1) is 0 Å². The average Bonchev–Trinajstić information content (AvgIpc) is 2.30. The van der Waals surface area contributed by atoms with E-state index >= 15 is 0 Å². The summed E-state index contributed by atoms with van der Waals surface area (Å²) in [4.78, 5) is 0. The van der Waals surface area contributed by atoms with E-state index in [1.54, 1.807) is 0 Å². The van der Waals surface area contributed by atoms with Gasteiger partial charge in [-0.2, -0.15) is 0 Å². The predicted octanol–water partition coefficient (Wildman–Crippen LogP) is -3.22. The Morgan fingerprint density at radius 1 is 1.42 bits per heavy atom. The summed E-state index contributed by atoms with van der Waals surface area (Å²) in [7, 11) is 0. The summed E-state index contributed by atoms with van der Waals surface area (Å²) >= 11 is 0. The minimum atomic E-state index is -2.92. The lowest BCUT2D eigenvalue weighted by Crippen LogP contribution is -2.46. The molecule has 0 aromatic carbocycles. The van der Waals surface area contributed by atoms with E-state index in [9.17, 15) is 15.3 Å². The molecule has 0 aromatic heterocycles. The summed E-state index contributed by atoms with van der Waals surface area (Å²) in [5.41, 5.74) is 0. The second-order valence-corrected chi connectivity index (χ2v) is 2.61. The van der Waals surface area contributed by atoms with Crippen molar-refractivity contribution in [2.45, 2.75) is 24.1 Å². The molecular weight excluding hydrogens is 168 g/mol. The lowest BCUT2D eigenvalue weighted by Gasteiger charge is -2.22. The summed E-state index contributed by atoms with van der Waals surface area (Å²) in [6, 6.07) is 0. The van der Waals surface area contributed by atoms with Gasteiger partial charge in [-0.05, 0) is 0 Å². The van der Waals surface area contributed by atoms with E-state index in [1.165, 1.54) is 0 Å². The Morgan fingerprint density at radius 3 is 2.25 bits per heavy atom. The van der Waals surface area contributed by atoms with Crippen LogP contribution in [0.4, 0.5) is 0 Å². The van der Waals surface area contributed by atoms with Crippen LogP contribution in [0.5, 0.6) is 0 Å². The number of aliphatic hydroxyl groups excluding tert-OH is 3. The van der Waals surface area contributed by atoms with Gasteiger partial charge in [-0.25, -0.2) is 0 Å². The highest BCUT2D eigenvalue weighted by molar-refractivity contribution is 4.94. The maximum absolute atomic E-state index is 9.31. The Hall–Kier alpha value is -0.240. The number of rotatable bonds is 2. The summed E-state index contributed by atoms with van der Waals surface area (Å²) < 4.78 is 18.1. The molecule has 1 aliphatic rings. The van der Waals surface area contributed by atoms with Crippen molar-refractivity contribution in [1.29, 1.82) is 0 Å². The lowest BCUT2D eigenvalue weighted by molar-refractivity contribution is -0.248. The van der Waals surface area contributed by atoms with Crippen molar-refractivity contribution in [1.82, 2.24) is 0 Å². The molecule has 4 atom stereocenters. The van der Waals surface area contributed by atoms with E-state index < -0.39 is 37.3 Å². The molecule has 5 N–H and O–H groups in total. The van der Waals surface area contributed by atoms with Crippen molar-refractivity contribution in [2.75, 3.05) is 13.2 Å². The highest BCUT2D eigenvalue weighted by Gasteiger charge is 2.52. The topological polar surface area (TPSA) is 110 Å². The van der Waals surface area contributed by atoms with E-state index in [-0.39, 0.29) is 0 Å². The molecule has 0 aromatic rings. The number of hydrogen-bond donors (Lipinski definition) is 5. The first-order chi connectivity index (χ1) is 6.22. The molecule has 6 nitrogen and oxygen atoms in total. The zero-order valence-electron chi connectivity index (χ0n) is 8.08. The molecule has 1 saturated heterocycles. The van der Waals surface area contributed by atoms with Gasteiger partial charge in [0.05, 0.1) is 15.9 Å². The highest BCUT2D eigenvalue weighted by Crippen LogP contribution is 2.28. The Balaban J connectivity index is 2.88. The van der Waals surface area contributed by atoms with E-state index in [4.69, 9.17) is 13.0 Å². The van der Waals surface area contributed by atoms with Gasteiger partial charge in [0.15, 0.2) is 0 Å². The van der Waals surface area contributed by atoms with E-state index in [1.807, 2.05) is 0 Å². The summed E-state index contributed by atoms with van der Waals surface area (Å²) in [6.07, 6.45) is -5.50. The Morgan fingerprint density at radius 2 is 2.00 bits per heavy atom. The number of hydrogen-bond acceptors (Lipinski definition) is 6. The standard InChI is InChI=1S/C6H12O6/c7-1-3-4(9)5(10)6(11,2-8)12-3/h3-5,7-11H,1-2H2/t3-,4-,5+,6?/m1/s1/i1D2. The van der Waals surface area contributed by atoms with Crippen LogP contribution in [0.25, 0.3) is 0 Å². The predicted molar refractivity (Wildman–Crippen MR) is 36.0 cm³/mol. The molecule has 0 amide bonds. The average molecular weight is 182 g/mol. The smallest absolute Gasteiger partial charge is 0.219 e. The minimum Gasteiger partial charge on any atom is -0.394 e. The molecule has 0 aliphatic carbocycles. The molecule has 0 bridgehead atoms. The van der Waals surface area contributed by atoms with E-state index in [0.29, 0.717) is 0 Å². The van der Waals surface area contributed by atoms with Crippen LogP contribution < -0.4 is 0 Å². The molecule has 0 radical (unpaired) electrons. The summed E-state index contributed by atoms with van der Waals surface area (Å²) in [5.74, 6) is -2.44. The molecule has 1 heterocycles. The fourth-order valence-electron chi connectivity index (χ4n) is 1.03. The van der Waals surface area contributed by atoms with E-state index in [0.717, 1.165) is 0 Å². The third-order valence-corrected chi connectivity index (χ3v) is 1.78. The van der Waals surface area contributed by atoms with E-state index in [2.05, 4.69) is 4.74 Å². The highest BCUT2D eigenvalue weighted by atomic mass is 16.7. The van der Waals surface area contributed by atoms with Crippen LogP contribution in [0.15, 0.2) is 0 Å². The van der Waals surface area contributed by atoms with Gasteiger partial charge >= 0.3 is 0 Å². The van der Waals surface area contributed by atoms with Gasteiger partial charge in [0.2, 0.25) is 5.79 Å². The third kappa shape index (κ3) is 1.33. The number of aliphatic hydroxyl groups is 5. The monoisotopic (exact) mass is 182 g/mol. The van der Waals surface area contributed by atoms with Gasteiger partial charge in [0.25, 0.3) is 0 Å². The maximum Gasteiger partial charge on any atom is 0.219 e. The van der Waals surface area contributed by atoms with Crippen LogP contribution >= 0.6 is 0 Å². The van der Waals surface area contributed by atoms with Gasteiger partial charge in [0, 0.05) is 0 Å². The Labute approximate surface area is 71.5 Å². The van der Waals surface area contributed by atoms with Crippen molar-refractivity contribution >= 4 is 0 Å². The van der Waals surface area contributed by atoms with Crippen LogP contribution in [0.1, 0.15) is 2.74 Å². The molecule has 1 fully saturated rings. The van der Waals surface area contributed by atoms with Crippen molar-refractivity contribution < 1.29 is 33.0 Å².